The highest BCUT2D eigenvalue weighted by molar-refractivity contribution is 5.83. The van der Waals surface area contributed by atoms with Gasteiger partial charge in [0.2, 0.25) is 0 Å². The largest absolute Gasteiger partial charge is 0.381 e. The van der Waals surface area contributed by atoms with Gasteiger partial charge in [-0.15, -0.1) is 0 Å². The lowest BCUT2D eigenvalue weighted by Crippen LogP contribution is -2.33. The van der Waals surface area contributed by atoms with Crippen LogP contribution in [-0.4, -0.2) is 41.5 Å². The maximum absolute atomic E-state index is 5.59. The minimum Gasteiger partial charge on any atom is -0.381 e. The van der Waals surface area contributed by atoms with E-state index in [0.29, 0.717) is 5.41 Å². The van der Waals surface area contributed by atoms with Crippen LogP contribution in [0.1, 0.15) is 30.7 Å². The molecule has 0 saturated carbocycles. The molecule has 2 aliphatic rings. The molecule has 29 heavy (non-hydrogen) atoms. The second kappa shape index (κ2) is 7.30. The van der Waals surface area contributed by atoms with E-state index < -0.39 is 0 Å². The number of ether oxygens (including phenoxy) is 1. The third kappa shape index (κ3) is 3.44. The summed E-state index contributed by atoms with van der Waals surface area (Å²) in [5.41, 5.74) is 8.33. The molecule has 5 heteroatoms. The van der Waals surface area contributed by atoms with Crippen LogP contribution >= 0.6 is 0 Å². The molecule has 4 heterocycles. The number of H-pyrrole nitrogens is 1. The zero-order valence-corrected chi connectivity index (χ0v) is 17.2. The minimum absolute atomic E-state index is 0.463. The van der Waals surface area contributed by atoms with Gasteiger partial charge in [-0.1, -0.05) is 12.1 Å². The second-order valence-electron chi connectivity index (χ2n) is 8.59. The van der Waals surface area contributed by atoms with Gasteiger partial charge in [0.15, 0.2) is 0 Å². The van der Waals surface area contributed by atoms with Gasteiger partial charge >= 0.3 is 0 Å². The fourth-order valence-corrected chi connectivity index (χ4v) is 4.89. The lowest BCUT2D eigenvalue weighted by molar-refractivity contribution is 0.0254. The molecular weight excluding hydrogens is 360 g/mol. The van der Waals surface area contributed by atoms with Gasteiger partial charge in [-0.05, 0) is 68.4 Å². The van der Waals surface area contributed by atoms with Crippen molar-refractivity contribution in [2.75, 3.05) is 31.2 Å². The number of aromatic nitrogens is 3. The number of nitrogens with zero attached hydrogens (tertiary/aromatic N) is 3. The molecular formula is C24H28N4O. The molecule has 1 N–H and O–H groups in total. The molecule has 0 bridgehead atoms. The molecule has 0 unspecified atom stereocenters. The van der Waals surface area contributed by atoms with Crippen LogP contribution in [0.3, 0.4) is 0 Å². The van der Waals surface area contributed by atoms with E-state index in [4.69, 9.17) is 4.74 Å². The molecule has 0 radical (unpaired) electrons. The SMILES string of the molecule is Cc1cc(-c2n[nH]c(C)c2-c2ccc(N3CCC4(CCOCC4)C3)cc2)ccn1. The molecule has 1 spiro atoms. The molecule has 2 saturated heterocycles. The first kappa shape index (κ1) is 18.4. The Hall–Kier alpha value is -2.66. The monoisotopic (exact) mass is 388 g/mol. The Morgan fingerprint density at radius 1 is 1.00 bits per heavy atom. The van der Waals surface area contributed by atoms with Gasteiger partial charge in [-0.2, -0.15) is 5.10 Å². The number of aryl methyl sites for hydroxylation is 2. The van der Waals surface area contributed by atoms with Gasteiger partial charge in [0, 0.05) is 60.7 Å². The van der Waals surface area contributed by atoms with E-state index in [9.17, 15) is 0 Å². The Morgan fingerprint density at radius 3 is 2.55 bits per heavy atom. The average molecular weight is 389 g/mol. The Kier molecular flexibility index (Phi) is 4.63. The summed E-state index contributed by atoms with van der Waals surface area (Å²) >= 11 is 0. The van der Waals surface area contributed by atoms with Crippen LogP contribution in [0.2, 0.25) is 0 Å². The van der Waals surface area contributed by atoms with E-state index in [1.54, 1.807) is 0 Å². The number of anilines is 1. The second-order valence-corrected chi connectivity index (χ2v) is 8.59. The average Bonchev–Trinajstić information content (AvgIpc) is 3.33. The summed E-state index contributed by atoms with van der Waals surface area (Å²) < 4.78 is 5.59. The van der Waals surface area contributed by atoms with Gasteiger partial charge in [0.05, 0.1) is 0 Å². The first-order valence-electron chi connectivity index (χ1n) is 10.5. The van der Waals surface area contributed by atoms with Crippen molar-refractivity contribution >= 4 is 5.69 Å². The number of nitrogens with one attached hydrogen (secondary N) is 1. The number of hydrogen-bond acceptors (Lipinski definition) is 4. The molecule has 5 rings (SSSR count). The Morgan fingerprint density at radius 2 is 1.79 bits per heavy atom. The van der Waals surface area contributed by atoms with Crippen molar-refractivity contribution in [3.05, 3.63) is 54.0 Å². The van der Waals surface area contributed by atoms with Crippen molar-refractivity contribution in [2.45, 2.75) is 33.1 Å². The molecule has 2 aliphatic heterocycles. The molecule has 0 atom stereocenters. The molecule has 0 aliphatic carbocycles. The van der Waals surface area contributed by atoms with Crippen molar-refractivity contribution in [3.63, 3.8) is 0 Å². The standard InChI is InChI=1S/C24H28N4O/c1-17-15-20(7-11-25-17)23-22(18(2)26-27-23)19-3-5-21(6-4-19)28-12-8-24(16-28)9-13-29-14-10-24/h3-7,11,15H,8-10,12-14,16H2,1-2H3,(H,26,27). The highest BCUT2D eigenvalue weighted by Gasteiger charge is 2.39. The molecule has 0 amide bonds. The zero-order valence-electron chi connectivity index (χ0n) is 17.2. The van der Waals surface area contributed by atoms with Gasteiger partial charge in [-0.25, -0.2) is 0 Å². The van der Waals surface area contributed by atoms with Crippen LogP contribution < -0.4 is 4.90 Å². The van der Waals surface area contributed by atoms with E-state index in [0.717, 1.165) is 48.9 Å². The quantitative estimate of drug-likeness (QED) is 0.703. The summed E-state index contributed by atoms with van der Waals surface area (Å²) in [6.07, 6.45) is 5.53. The summed E-state index contributed by atoms with van der Waals surface area (Å²) in [7, 11) is 0. The van der Waals surface area contributed by atoms with Crippen molar-refractivity contribution in [3.8, 4) is 22.4 Å². The predicted molar refractivity (Wildman–Crippen MR) is 116 cm³/mol. The molecule has 2 aromatic heterocycles. The number of benzene rings is 1. The van der Waals surface area contributed by atoms with Crippen LogP contribution in [0, 0.1) is 19.3 Å². The van der Waals surface area contributed by atoms with E-state index in [-0.39, 0.29) is 0 Å². The van der Waals surface area contributed by atoms with Crippen molar-refractivity contribution in [1.29, 1.82) is 0 Å². The smallest absolute Gasteiger partial charge is 0.100 e. The highest BCUT2D eigenvalue weighted by Crippen LogP contribution is 2.42. The third-order valence-corrected chi connectivity index (χ3v) is 6.63. The fourth-order valence-electron chi connectivity index (χ4n) is 4.89. The zero-order chi connectivity index (χ0) is 19.8. The van der Waals surface area contributed by atoms with E-state index >= 15 is 0 Å². The van der Waals surface area contributed by atoms with Crippen LogP contribution in [0.5, 0.6) is 0 Å². The summed E-state index contributed by atoms with van der Waals surface area (Å²) in [5.74, 6) is 0. The van der Waals surface area contributed by atoms with Gasteiger partial charge in [0.25, 0.3) is 0 Å². The van der Waals surface area contributed by atoms with E-state index in [2.05, 4.69) is 57.3 Å². The molecule has 5 nitrogen and oxygen atoms in total. The Bertz CT molecular complexity index is 1000. The lowest BCUT2D eigenvalue weighted by Gasteiger charge is -2.33. The van der Waals surface area contributed by atoms with Crippen LogP contribution in [0.15, 0.2) is 42.6 Å². The molecule has 3 aromatic rings. The predicted octanol–water partition coefficient (Wildman–Crippen LogP) is 4.76. The maximum Gasteiger partial charge on any atom is 0.100 e. The van der Waals surface area contributed by atoms with Crippen molar-refractivity contribution < 1.29 is 4.74 Å². The third-order valence-electron chi connectivity index (χ3n) is 6.63. The normalized spacial score (nSPS) is 18.5. The summed E-state index contributed by atoms with van der Waals surface area (Å²) in [5, 5.41) is 7.75. The lowest BCUT2D eigenvalue weighted by atomic mass is 9.80. The first-order chi connectivity index (χ1) is 14.1. The number of rotatable bonds is 3. The minimum atomic E-state index is 0.463. The number of pyridine rings is 1. The van der Waals surface area contributed by atoms with Gasteiger partial charge in [0.1, 0.15) is 5.69 Å². The number of aromatic amines is 1. The van der Waals surface area contributed by atoms with Crippen molar-refractivity contribution in [2.24, 2.45) is 5.41 Å². The number of hydrogen-bond donors (Lipinski definition) is 1. The summed E-state index contributed by atoms with van der Waals surface area (Å²) in [4.78, 5) is 6.86. The molecule has 150 valence electrons. The Balaban J connectivity index is 1.41. The fraction of sp³-hybridized carbons (Fsp3) is 0.417. The van der Waals surface area contributed by atoms with Crippen LogP contribution in [0.25, 0.3) is 22.4 Å². The van der Waals surface area contributed by atoms with Crippen LogP contribution in [0.4, 0.5) is 5.69 Å². The maximum atomic E-state index is 5.59. The van der Waals surface area contributed by atoms with Crippen LogP contribution in [-0.2, 0) is 4.74 Å². The topological polar surface area (TPSA) is 54.0 Å². The van der Waals surface area contributed by atoms with E-state index in [1.807, 2.05) is 19.2 Å². The summed E-state index contributed by atoms with van der Waals surface area (Å²) in [6.45, 7) is 8.24. The Labute approximate surface area is 172 Å². The summed E-state index contributed by atoms with van der Waals surface area (Å²) in [6, 6.07) is 13.1. The highest BCUT2D eigenvalue weighted by atomic mass is 16.5. The van der Waals surface area contributed by atoms with Crippen molar-refractivity contribution in [1.82, 2.24) is 15.2 Å². The van der Waals surface area contributed by atoms with E-state index in [1.165, 1.54) is 36.1 Å². The molecule has 2 fully saturated rings. The first-order valence-corrected chi connectivity index (χ1v) is 10.5. The van der Waals surface area contributed by atoms with Gasteiger partial charge < -0.3 is 9.64 Å². The molecule has 1 aromatic carbocycles. The van der Waals surface area contributed by atoms with Gasteiger partial charge in [-0.3, -0.25) is 10.1 Å².